The third kappa shape index (κ3) is 7.17. The lowest BCUT2D eigenvalue weighted by atomic mass is 9.82. The number of nitrogens with zero attached hydrogens (tertiary/aromatic N) is 1. The predicted molar refractivity (Wildman–Crippen MR) is 161 cm³/mol. The fourth-order valence-corrected chi connectivity index (χ4v) is 5.41. The summed E-state index contributed by atoms with van der Waals surface area (Å²) in [5.41, 5.74) is 0.810. The minimum Gasteiger partial charge on any atom is -0.494 e. The lowest BCUT2D eigenvalue weighted by Crippen LogP contribution is -2.50. The number of rotatable bonds is 13. The van der Waals surface area contributed by atoms with Gasteiger partial charge in [0.05, 0.1) is 6.61 Å². The standard InChI is InChI=1S/C30H31BrCl2N2O5/c1-38-16-4-14-34-29(37)30(19-21-6-2-3-7-25(21)31)27(24-13-10-22(32)18-26(24)33)40-28(35-30)20-8-11-23(12-9-20)39-17-5-15-36/h2-3,6-13,18,27,36H,4-5,14-17,19H2,1H3,(H,34,37)/t27-,30-/m1/s1. The Balaban J connectivity index is 1.78. The average Bonchev–Trinajstić information content (AvgIpc) is 3.33. The van der Waals surface area contributed by atoms with E-state index in [9.17, 15) is 4.79 Å². The first-order valence-electron chi connectivity index (χ1n) is 12.9. The molecule has 212 valence electrons. The summed E-state index contributed by atoms with van der Waals surface area (Å²) >= 11 is 16.5. The number of aliphatic imine (C=N–C) groups is 1. The Hall–Kier alpha value is -2.62. The number of carbonyl (C=O) groups is 1. The van der Waals surface area contributed by atoms with Crippen LogP contribution in [0.5, 0.6) is 5.75 Å². The molecule has 3 aromatic rings. The molecule has 0 fully saturated rings. The highest BCUT2D eigenvalue weighted by Gasteiger charge is 2.54. The van der Waals surface area contributed by atoms with E-state index in [-0.39, 0.29) is 18.9 Å². The van der Waals surface area contributed by atoms with E-state index in [0.717, 1.165) is 10.0 Å². The van der Waals surface area contributed by atoms with Crippen LogP contribution in [0, 0.1) is 0 Å². The zero-order chi connectivity index (χ0) is 28.5. The first-order valence-corrected chi connectivity index (χ1v) is 14.5. The fourth-order valence-electron chi connectivity index (χ4n) is 4.48. The van der Waals surface area contributed by atoms with Crippen molar-refractivity contribution in [3.05, 3.63) is 97.9 Å². The van der Waals surface area contributed by atoms with Crippen LogP contribution in [0.15, 0.2) is 76.2 Å². The molecule has 0 spiro atoms. The first-order chi connectivity index (χ1) is 19.4. The van der Waals surface area contributed by atoms with Crippen LogP contribution in [-0.2, 0) is 20.7 Å². The molecule has 0 saturated carbocycles. The summed E-state index contributed by atoms with van der Waals surface area (Å²) in [6, 6.07) is 20.1. The average molecular weight is 650 g/mol. The number of aliphatic hydroxyl groups excluding tert-OH is 1. The second-order valence-electron chi connectivity index (χ2n) is 9.33. The molecule has 0 radical (unpaired) electrons. The number of carbonyl (C=O) groups excluding carboxylic acids is 1. The molecule has 10 heteroatoms. The zero-order valence-corrected chi connectivity index (χ0v) is 25.1. The molecular weight excluding hydrogens is 619 g/mol. The number of ether oxygens (including phenoxy) is 3. The van der Waals surface area contributed by atoms with Gasteiger partial charge in [-0.3, -0.25) is 4.79 Å². The van der Waals surface area contributed by atoms with Crippen molar-refractivity contribution < 1.29 is 24.1 Å². The van der Waals surface area contributed by atoms with Gasteiger partial charge in [-0.15, -0.1) is 0 Å². The minimum absolute atomic E-state index is 0.0600. The van der Waals surface area contributed by atoms with Crippen LogP contribution in [-0.4, -0.2) is 55.9 Å². The molecule has 1 aliphatic heterocycles. The molecule has 2 N–H and O–H groups in total. The van der Waals surface area contributed by atoms with Crippen molar-refractivity contribution in [3.63, 3.8) is 0 Å². The van der Waals surface area contributed by atoms with Gasteiger partial charge in [0.25, 0.3) is 5.91 Å². The summed E-state index contributed by atoms with van der Waals surface area (Å²) in [7, 11) is 1.62. The molecule has 0 aromatic heterocycles. The van der Waals surface area contributed by atoms with Gasteiger partial charge in [-0.1, -0.05) is 63.4 Å². The second-order valence-corrected chi connectivity index (χ2v) is 11.0. The molecule has 7 nitrogen and oxygen atoms in total. The SMILES string of the molecule is COCCCNC(=O)[C@]1(Cc2ccccc2Br)N=C(c2ccc(OCCCO)cc2)O[C@@H]1c1ccc(Cl)cc1Cl. The predicted octanol–water partition coefficient (Wildman–Crippen LogP) is 6.17. The third-order valence-electron chi connectivity index (χ3n) is 6.50. The number of amides is 1. The number of hydrogen-bond donors (Lipinski definition) is 2. The van der Waals surface area contributed by atoms with Crippen LogP contribution >= 0.6 is 39.1 Å². The van der Waals surface area contributed by atoms with E-state index in [1.807, 2.05) is 48.5 Å². The second kappa shape index (κ2) is 14.3. The summed E-state index contributed by atoms with van der Waals surface area (Å²) in [6.07, 6.45) is 0.606. The first kappa shape index (κ1) is 30.3. The maximum absolute atomic E-state index is 14.1. The van der Waals surface area contributed by atoms with Gasteiger partial charge in [-0.25, -0.2) is 4.99 Å². The van der Waals surface area contributed by atoms with Crippen molar-refractivity contribution in [1.29, 1.82) is 0 Å². The highest BCUT2D eigenvalue weighted by Crippen LogP contribution is 2.45. The van der Waals surface area contributed by atoms with Crippen molar-refractivity contribution >= 4 is 50.9 Å². The van der Waals surface area contributed by atoms with Crippen molar-refractivity contribution in [2.45, 2.75) is 30.9 Å². The lowest BCUT2D eigenvalue weighted by Gasteiger charge is -2.31. The molecule has 1 aliphatic rings. The Morgan fingerprint density at radius 1 is 1.10 bits per heavy atom. The maximum Gasteiger partial charge on any atom is 0.252 e. The van der Waals surface area contributed by atoms with Crippen molar-refractivity contribution in [3.8, 4) is 5.75 Å². The van der Waals surface area contributed by atoms with Crippen molar-refractivity contribution in [2.75, 3.05) is 33.5 Å². The molecule has 3 aromatic carbocycles. The zero-order valence-electron chi connectivity index (χ0n) is 22.0. The monoisotopic (exact) mass is 648 g/mol. The Morgan fingerprint density at radius 3 is 2.58 bits per heavy atom. The van der Waals surface area contributed by atoms with E-state index in [1.165, 1.54) is 0 Å². The smallest absolute Gasteiger partial charge is 0.252 e. The molecule has 0 saturated heterocycles. The lowest BCUT2D eigenvalue weighted by molar-refractivity contribution is -0.129. The minimum atomic E-state index is -1.37. The number of methoxy groups -OCH3 is 1. The highest BCUT2D eigenvalue weighted by molar-refractivity contribution is 9.10. The summed E-state index contributed by atoms with van der Waals surface area (Å²) < 4.78 is 18.2. The van der Waals surface area contributed by atoms with Gasteiger partial charge in [-0.2, -0.15) is 0 Å². The molecule has 1 heterocycles. The summed E-state index contributed by atoms with van der Waals surface area (Å²) in [4.78, 5) is 19.1. The molecular formula is C30H31BrCl2N2O5. The summed E-state index contributed by atoms with van der Waals surface area (Å²) in [5.74, 6) is 0.690. The van der Waals surface area contributed by atoms with Crippen LogP contribution in [0.4, 0.5) is 0 Å². The number of nitrogens with one attached hydrogen (secondary N) is 1. The Labute approximate surface area is 252 Å². The van der Waals surface area contributed by atoms with Gasteiger partial charge in [0.15, 0.2) is 11.6 Å². The molecule has 0 bridgehead atoms. The Kier molecular flexibility index (Phi) is 10.9. The van der Waals surface area contributed by atoms with E-state index >= 15 is 0 Å². The van der Waals surface area contributed by atoms with E-state index in [0.29, 0.717) is 65.4 Å². The van der Waals surface area contributed by atoms with Gasteiger partial charge >= 0.3 is 0 Å². The van der Waals surface area contributed by atoms with E-state index in [1.54, 1.807) is 25.3 Å². The molecule has 1 amide bonds. The maximum atomic E-state index is 14.1. The van der Waals surface area contributed by atoms with E-state index in [2.05, 4.69) is 21.2 Å². The molecule has 0 aliphatic carbocycles. The van der Waals surface area contributed by atoms with Gasteiger partial charge in [0, 0.05) is 65.4 Å². The Bertz CT molecular complexity index is 1340. The molecule has 2 atom stereocenters. The van der Waals surface area contributed by atoms with Crippen LogP contribution in [0.3, 0.4) is 0 Å². The van der Waals surface area contributed by atoms with E-state index in [4.69, 9.17) is 47.5 Å². The van der Waals surface area contributed by atoms with Crippen LogP contribution < -0.4 is 10.1 Å². The molecule has 40 heavy (non-hydrogen) atoms. The highest BCUT2D eigenvalue weighted by atomic mass is 79.9. The van der Waals surface area contributed by atoms with Gasteiger partial charge in [0.1, 0.15) is 5.75 Å². The molecule has 4 rings (SSSR count). The molecule has 0 unspecified atom stereocenters. The van der Waals surface area contributed by atoms with E-state index < -0.39 is 11.6 Å². The van der Waals surface area contributed by atoms with Gasteiger partial charge < -0.3 is 24.6 Å². The van der Waals surface area contributed by atoms with Gasteiger partial charge in [-0.05, 0) is 54.4 Å². The Morgan fingerprint density at radius 2 is 1.88 bits per heavy atom. The summed E-state index contributed by atoms with van der Waals surface area (Å²) in [6.45, 7) is 1.39. The number of halogens is 3. The van der Waals surface area contributed by atoms with Crippen LogP contribution in [0.2, 0.25) is 10.0 Å². The van der Waals surface area contributed by atoms with Crippen LogP contribution in [0.1, 0.15) is 35.6 Å². The topological polar surface area (TPSA) is 89.4 Å². The van der Waals surface area contributed by atoms with Crippen molar-refractivity contribution in [2.24, 2.45) is 4.99 Å². The van der Waals surface area contributed by atoms with Crippen LogP contribution in [0.25, 0.3) is 0 Å². The number of benzene rings is 3. The number of aliphatic hydroxyl groups is 1. The number of hydrogen-bond acceptors (Lipinski definition) is 6. The largest absolute Gasteiger partial charge is 0.494 e. The normalized spacial score (nSPS) is 18.2. The van der Waals surface area contributed by atoms with Crippen molar-refractivity contribution in [1.82, 2.24) is 5.32 Å². The summed E-state index contributed by atoms with van der Waals surface area (Å²) in [5, 5.41) is 12.9. The fraction of sp³-hybridized carbons (Fsp3) is 0.333. The third-order valence-corrected chi connectivity index (χ3v) is 7.84. The quantitative estimate of drug-likeness (QED) is 0.216. The van der Waals surface area contributed by atoms with Gasteiger partial charge in [0.2, 0.25) is 5.90 Å².